The summed E-state index contributed by atoms with van der Waals surface area (Å²) >= 11 is 0. The van der Waals surface area contributed by atoms with Crippen LogP contribution in [0.2, 0.25) is 0 Å². The van der Waals surface area contributed by atoms with Crippen molar-refractivity contribution in [3.05, 3.63) is 25.3 Å². The van der Waals surface area contributed by atoms with Gasteiger partial charge < -0.3 is 4.74 Å². The third-order valence-electron chi connectivity index (χ3n) is 2.01. The van der Waals surface area contributed by atoms with Gasteiger partial charge in [0, 0.05) is 12.8 Å². The van der Waals surface area contributed by atoms with E-state index in [-0.39, 0.29) is 11.8 Å². The fourth-order valence-corrected chi connectivity index (χ4v) is 1.03. The number of ether oxygens (including phenoxy) is 1. The highest BCUT2D eigenvalue weighted by molar-refractivity contribution is 5.79. The van der Waals surface area contributed by atoms with Crippen LogP contribution >= 0.6 is 0 Å². The Bertz CT molecular complexity index is 403. The zero-order chi connectivity index (χ0) is 18.3. The number of nitrogens with two attached hydrogens (primary N) is 1. The Morgan fingerprint density at radius 3 is 1.87 bits per heavy atom. The molecular weight excluding hydrogens is 300 g/mol. The summed E-state index contributed by atoms with van der Waals surface area (Å²) in [4.78, 5) is 32.4. The number of amides is 3. The number of carbonyl (C=O) groups excluding carboxylic acids is 3. The largest absolute Gasteiger partial charge is 0.443 e. The van der Waals surface area contributed by atoms with Crippen LogP contribution in [0.15, 0.2) is 25.3 Å². The van der Waals surface area contributed by atoms with Gasteiger partial charge in [0.15, 0.2) is 0 Å². The van der Waals surface area contributed by atoms with Crippen LogP contribution in [-0.2, 0) is 14.3 Å². The molecular formula is C15H28N4O4. The predicted molar refractivity (Wildman–Crippen MR) is 88.7 cm³/mol. The Morgan fingerprint density at radius 1 is 1.00 bits per heavy atom. The van der Waals surface area contributed by atoms with E-state index in [0.717, 1.165) is 0 Å². The molecule has 0 saturated carbocycles. The number of nitrogens with one attached hydrogen (secondary N) is 3. The number of allylic oxidation sites excluding steroid dienone is 2. The summed E-state index contributed by atoms with van der Waals surface area (Å²) in [7, 11) is 0. The molecule has 0 fully saturated rings. The summed E-state index contributed by atoms with van der Waals surface area (Å²) in [6, 6.07) is 0. The van der Waals surface area contributed by atoms with E-state index in [9.17, 15) is 14.4 Å². The average molecular weight is 328 g/mol. The first-order valence-electron chi connectivity index (χ1n) is 7.15. The molecule has 0 radical (unpaired) electrons. The standard InChI is InChI=1S/C10H18N2O3.C5H10N2O/c1-5-6-7-8(13)11-12-9(14)15-10(2,3)4;1-2-3-4-5(8)7-6/h5H,1,6-7H2,2-4H3,(H,11,13)(H,12,14);2H,1,3-4,6H2,(H,7,8). The second-order valence-corrected chi connectivity index (χ2v) is 5.40. The molecule has 0 aromatic heterocycles. The van der Waals surface area contributed by atoms with E-state index in [1.165, 1.54) is 0 Å². The maximum atomic E-state index is 11.1. The van der Waals surface area contributed by atoms with Crippen LogP contribution in [-0.4, -0.2) is 23.5 Å². The lowest BCUT2D eigenvalue weighted by molar-refractivity contribution is -0.122. The van der Waals surface area contributed by atoms with Crippen LogP contribution in [0.4, 0.5) is 4.79 Å². The first-order valence-corrected chi connectivity index (χ1v) is 7.15. The Hall–Kier alpha value is -2.35. The smallest absolute Gasteiger partial charge is 0.426 e. The lowest BCUT2D eigenvalue weighted by Crippen LogP contribution is -2.44. The van der Waals surface area contributed by atoms with E-state index in [1.54, 1.807) is 32.9 Å². The minimum Gasteiger partial charge on any atom is -0.443 e. The molecule has 8 nitrogen and oxygen atoms in total. The highest BCUT2D eigenvalue weighted by Crippen LogP contribution is 2.05. The molecule has 0 rings (SSSR count). The van der Waals surface area contributed by atoms with Crippen LogP contribution in [0.5, 0.6) is 0 Å². The van der Waals surface area contributed by atoms with Gasteiger partial charge in [0.2, 0.25) is 11.8 Å². The number of hydrogen-bond acceptors (Lipinski definition) is 5. The third kappa shape index (κ3) is 19.6. The summed E-state index contributed by atoms with van der Waals surface area (Å²) in [6.45, 7) is 12.2. The van der Waals surface area contributed by atoms with Crippen molar-refractivity contribution in [1.29, 1.82) is 0 Å². The first kappa shape index (κ1) is 22.9. The SMILES string of the molecule is C=CCCC(=O)NN.C=CCCC(=O)NNC(=O)OC(C)(C)C. The summed E-state index contributed by atoms with van der Waals surface area (Å²) in [5.74, 6) is 4.35. The molecule has 0 unspecified atom stereocenters. The van der Waals surface area contributed by atoms with Crippen molar-refractivity contribution in [2.24, 2.45) is 5.84 Å². The molecule has 0 heterocycles. The van der Waals surface area contributed by atoms with E-state index in [1.807, 2.05) is 5.43 Å². The van der Waals surface area contributed by atoms with Gasteiger partial charge in [-0.25, -0.2) is 16.1 Å². The molecule has 5 N–H and O–H groups in total. The van der Waals surface area contributed by atoms with Crippen molar-refractivity contribution in [3.63, 3.8) is 0 Å². The molecule has 0 aliphatic heterocycles. The van der Waals surface area contributed by atoms with Gasteiger partial charge in [-0.05, 0) is 33.6 Å². The minimum absolute atomic E-state index is 0.148. The highest BCUT2D eigenvalue weighted by atomic mass is 16.6. The van der Waals surface area contributed by atoms with Crippen LogP contribution < -0.4 is 22.1 Å². The summed E-state index contributed by atoms with van der Waals surface area (Å²) in [6.07, 6.45) is 4.61. The lowest BCUT2D eigenvalue weighted by atomic mass is 10.2. The molecule has 0 aromatic carbocycles. The number of carbonyl (C=O) groups is 3. The van der Waals surface area contributed by atoms with Gasteiger partial charge in [-0.3, -0.25) is 20.4 Å². The van der Waals surface area contributed by atoms with Crippen molar-refractivity contribution >= 4 is 17.9 Å². The molecule has 0 aliphatic rings. The Morgan fingerprint density at radius 2 is 1.48 bits per heavy atom. The third-order valence-corrected chi connectivity index (χ3v) is 2.01. The van der Waals surface area contributed by atoms with Gasteiger partial charge in [0.25, 0.3) is 0 Å². The van der Waals surface area contributed by atoms with E-state index in [2.05, 4.69) is 24.0 Å². The number of hydrogen-bond donors (Lipinski definition) is 4. The second kappa shape index (κ2) is 13.3. The van der Waals surface area contributed by atoms with E-state index in [0.29, 0.717) is 25.7 Å². The number of rotatable bonds is 6. The molecule has 0 bridgehead atoms. The Labute approximate surface area is 137 Å². The van der Waals surface area contributed by atoms with Crippen molar-refractivity contribution in [3.8, 4) is 0 Å². The number of hydrazine groups is 2. The summed E-state index contributed by atoms with van der Waals surface area (Å²) in [5.41, 5.74) is 5.82. The van der Waals surface area contributed by atoms with E-state index < -0.39 is 11.7 Å². The monoisotopic (exact) mass is 328 g/mol. The maximum absolute atomic E-state index is 11.1. The molecule has 0 atom stereocenters. The van der Waals surface area contributed by atoms with Gasteiger partial charge in [0.05, 0.1) is 0 Å². The Balaban J connectivity index is 0. The average Bonchev–Trinajstić information content (AvgIpc) is 2.47. The summed E-state index contributed by atoms with van der Waals surface area (Å²) < 4.78 is 4.91. The van der Waals surface area contributed by atoms with Crippen molar-refractivity contribution in [2.75, 3.05) is 0 Å². The van der Waals surface area contributed by atoms with Gasteiger partial charge in [-0.2, -0.15) is 0 Å². The molecule has 8 heteroatoms. The van der Waals surface area contributed by atoms with Crippen LogP contribution in [0, 0.1) is 0 Å². The maximum Gasteiger partial charge on any atom is 0.426 e. The molecule has 132 valence electrons. The molecule has 0 aromatic rings. The van der Waals surface area contributed by atoms with E-state index in [4.69, 9.17) is 10.6 Å². The Kier molecular flexibility index (Phi) is 13.3. The van der Waals surface area contributed by atoms with Gasteiger partial charge in [-0.15, -0.1) is 13.2 Å². The van der Waals surface area contributed by atoms with Crippen LogP contribution in [0.25, 0.3) is 0 Å². The van der Waals surface area contributed by atoms with Crippen LogP contribution in [0.3, 0.4) is 0 Å². The fraction of sp³-hybridized carbons (Fsp3) is 0.533. The topological polar surface area (TPSA) is 123 Å². The lowest BCUT2D eigenvalue weighted by Gasteiger charge is -2.19. The summed E-state index contributed by atoms with van der Waals surface area (Å²) in [5, 5.41) is 0. The quantitative estimate of drug-likeness (QED) is 0.254. The normalized spacial score (nSPS) is 9.57. The van der Waals surface area contributed by atoms with E-state index >= 15 is 0 Å². The highest BCUT2D eigenvalue weighted by Gasteiger charge is 2.16. The predicted octanol–water partition coefficient (Wildman–Crippen LogP) is 1.45. The van der Waals surface area contributed by atoms with Crippen LogP contribution in [0.1, 0.15) is 46.5 Å². The molecule has 0 aliphatic carbocycles. The van der Waals surface area contributed by atoms with Crippen molar-refractivity contribution < 1.29 is 19.1 Å². The minimum atomic E-state index is -0.672. The fourth-order valence-electron chi connectivity index (χ4n) is 1.03. The van der Waals surface area contributed by atoms with Crippen molar-refractivity contribution in [1.82, 2.24) is 16.3 Å². The molecule has 0 saturated heterocycles. The first-order chi connectivity index (χ1) is 10.7. The van der Waals surface area contributed by atoms with Crippen molar-refractivity contribution in [2.45, 2.75) is 52.1 Å². The molecule has 3 amide bonds. The molecule has 23 heavy (non-hydrogen) atoms. The van der Waals surface area contributed by atoms with Gasteiger partial charge in [0.1, 0.15) is 5.60 Å². The second-order valence-electron chi connectivity index (χ2n) is 5.40. The zero-order valence-corrected chi connectivity index (χ0v) is 14.1. The van der Waals surface area contributed by atoms with Gasteiger partial charge in [-0.1, -0.05) is 12.2 Å². The van der Waals surface area contributed by atoms with Gasteiger partial charge >= 0.3 is 6.09 Å². The zero-order valence-electron chi connectivity index (χ0n) is 14.1. The molecule has 0 spiro atoms.